The van der Waals surface area contributed by atoms with Crippen molar-refractivity contribution in [3.8, 4) is 5.75 Å². The van der Waals surface area contributed by atoms with E-state index in [1.54, 1.807) is 34.6 Å². The van der Waals surface area contributed by atoms with Gasteiger partial charge in [0, 0.05) is 24.1 Å². The van der Waals surface area contributed by atoms with Gasteiger partial charge in [-0.25, -0.2) is 17.7 Å². The van der Waals surface area contributed by atoms with Crippen LogP contribution in [0.15, 0.2) is 18.2 Å². The van der Waals surface area contributed by atoms with Crippen LogP contribution in [0.3, 0.4) is 0 Å². The number of hydrogen-bond acceptors (Lipinski definition) is 5. The van der Waals surface area contributed by atoms with Crippen LogP contribution in [-0.4, -0.2) is 37.1 Å². The molecule has 10 heteroatoms. The van der Waals surface area contributed by atoms with Crippen molar-refractivity contribution in [2.75, 3.05) is 6.61 Å². The Bertz CT molecular complexity index is 779. The van der Waals surface area contributed by atoms with Gasteiger partial charge < -0.3 is 9.84 Å². The highest BCUT2D eigenvalue weighted by Gasteiger charge is 2.61. The molecule has 0 amide bonds. The summed E-state index contributed by atoms with van der Waals surface area (Å²) in [5, 5.41) is 20.6. The highest BCUT2D eigenvalue weighted by atomic mass is 32.2. The SMILES string of the molecule is CC1(C)C[C@](N[S@](=O)C(C)(C)C)(C(F)(F)CO)c2cc([N+](=O)[O-])ccc2O1. The normalized spacial score (nSPS) is 23.3. The Labute approximate surface area is 158 Å². The summed E-state index contributed by atoms with van der Waals surface area (Å²) in [6.45, 7) is 6.47. The van der Waals surface area contributed by atoms with E-state index < -0.39 is 50.0 Å². The standard InChI is InChI=1S/C17H24F2N2O5S/c1-14(2,3)27(25)20-16(17(18,19)10-22)9-15(4,5)26-13-7-6-11(21(23)24)8-12(13)16/h6-8,20,22H,9-10H2,1-5H3/t16-,27-/m1/s1. The van der Waals surface area contributed by atoms with Crippen LogP contribution in [0.4, 0.5) is 14.5 Å². The number of halogens is 2. The number of alkyl halides is 2. The van der Waals surface area contributed by atoms with Gasteiger partial charge in [-0.15, -0.1) is 0 Å². The molecule has 0 fully saturated rings. The Morgan fingerprint density at radius 1 is 1.37 bits per heavy atom. The summed E-state index contributed by atoms with van der Waals surface area (Å²) in [6.07, 6.45) is -0.358. The van der Waals surface area contributed by atoms with Crippen molar-refractivity contribution in [1.82, 2.24) is 4.72 Å². The van der Waals surface area contributed by atoms with Crippen molar-refractivity contribution in [3.63, 3.8) is 0 Å². The number of aliphatic hydroxyl groups excluding tert-OH is 1. The lowest BCUT2D eigenvalue weighted by atomic mass is 9.74. The number of ether oxygens (including phenoxy) is 1. The first kappa shape index (κ1) is 21.6. The van der Waals surface area contributed by atoms with Gasteiger partial charge in [0.25, 0.3) is 11.6 Å². The minimum absolute atomic E-state index is 0.0170. The molecule has 1 aliphatic rings. The molecule has 27 heavy (non-hydrogen) atoms. The molecule has 152 valence electrons. The Hall–Kier alpha value is -1.65. The molecule has 1 heterocycles. The molecule has 0 bridgehead atoms. The van der Waals surface area contributed by atoms with Gasteiger partial charge in [0.15, 0.2) is 0 Å². The fourth-order valence-electron chi connectivity index (χ4n) is 3.06. The number of nitro groups is 1. The first-order chi connectivity index (χ1) is 12.2. The molecule has 1 aromatic carbocycles. The topological polar surface area (TPSA) is 102 Å². The predicted octanol–water partition coefficient (Wildman–Crippen LogP) is 3.03. The maximum absolute atomic E-state index is 15.1. The first-order valence-corrected chi connectivity index (χ1v) is 9.46. The summed E-state index contributed by atoms with van der Waals surface area (Å²) >= 11 is 0. The Morgan fingerprint density at radius 2 is 1.96 bits per heavy atom. The van der Waals surface area contributed by atoms with Crippen molar-refractivity contribution in [3.05, 3.63) is 33.9 Å². The van der Waals surface area contributed by atoms with Crippen LogP contribution in [0, 0.1) is 10.1 Å². The molecule has 0 saturated heterocycles. The molecule has 0 spiro atoms. The average molecular weight is 406 g/mol. The Morgan fingerprint density at radius 3 is 2.44 bits per heavy atom. The summed E-state index contributed by atoms with van der Waals surface area (Å²) in [5.41, 5.74) is -4.02. The maximum atomic E-state index is 15.1. The molecule has 2 atom stereocenters. The number of aliphatic hydroxyl groups is 1. The summed E-state index contributed by atoms with van der Waals surface area (Å²) in [5.74, 6) is -3.75. The van der Waals surface area contributed by atoms with Crippen LogP contribution in [0.1, 0.15) is 46.6 Å². The molecular formula is C17H24F2N2O5S. The van der Waals surface area contributed by atoms with E-state index in [2.05, 4.69) is 4.72 Å². The lowest BCUT2D eigenvalue weighted by molar-refractivity contribution is -0.385. The lowest BCUT2D eigenvalue weighted by Gasteiger charge is -2.49. The second kappa shape index (κ2) is 6.75. The molecule has 2 N–H and O–H groups in total. The van der Waals surface area contributed by atoms with Crippen molar-refractivity contribution in [2.45, 2.75) is 62.8 Å². The van der Waals surface area contributed by atoms with E-state index in [4.69, 9.17) is 4.74 Å². The van der Waals surface area contributed by atoms with E-state index in [1.807, 2.05) is 0 Å². The third-order valence-electron chi connectivity index (χ3n) is 4.36. The van der Waals surface area contributed by atoms with Gasteiger partial charge in [-0.1, -0.05) is 0 Å². The monoisotopic (exact) mass is 406 g/mol. The number of fused-ring (bicyclic) bond motifs is 1. The Balaban J connectivity index is 2.80. The van der Waals surface area contributed by atoms with Gasteiger partial charge in [-0.2, -0.15) is 0 Å². The smallest absolute Gasteiger partial charge is 0.293 e. The molecule has 0 unspecified atom stereocenters. The zero-order chi connectivity index (χ0) is 20.8. The van der Waals surface area contributed by atoms with E-state index in [0.717, 1.165) is 12.1 Å². The zero-order valence-electron chi connectivity index (χ0n) is 15.8. The zero-order valence-corrected chi connectivity index (χ0v) is 16.7. The summed E-state index contributed by atoms with van der Waals surface area (Å²) in [7, 11) is -1.95. The van der Waals surface area contributed by atoms with Gasteiger partial charge in [0.05, 0.1) is 20.7 Å². The van der Waals surface area contributed by atoms with Gasteiger partial charge >= 0.3 is 0 Å². The third-order valence-corrected chi connectivity index (χ3v) is 6.00. The lowest BCUT2D eigenvalue weighted by Crippen LogP contribution is -2.64. The van der Waals surface area contributed by atoms with E-state index in [0.29, 0.717) is 0 Å². The van der Waals surface area contributed by atoms with Crippen molar-refractivity contribution in [1.29, 1.82) is 0 Å². The predicted molar refractivity (Wildman–Crippen MR) is 97.2 cm³/mol. The minimum atomic E-state index is -3.76. The van der Waals surface area contributed by atoms with E-state index >= 15 is 8.78 Å². The van der Waals surface area contributed by atoms with Gasteiger partial charge in [-0.05, 0) is 40.7 Å². The highest BCUT2D eigenvalue weighted by Crippen LogP contribution is 2.52. The summed E-state index contributed by atoms with van der Waals surface area (Å²) in [6, 6.07) is 3.39. The number of benzene rings is 1. The number of hydrogen-bond donors (Lipinski definition) is 2. The van der Waals surface area contributed by atoms with Gasteiger partial charge in [0.2, 0.25) is 0 Å². The molecule has 0 radical (unpaired) electrons. The van der Waals surface area contributed by atoms with Crippen LogP contribution in [0.2, 0.25) is 0 Å². The number of nitrogens with zero attached hydrogens (tertiary/aromatic N) is 1. The largest absolute Gasteiger partial charge is 0.487 e. The molecular weight excluding hydrogens is 382 g/mol. The van der Waals surface area contributed by atoms with E-state index in [1.165, 1.54) is 6.07 Å². The number of non-ortho nitro benzene ring substituents is 1. The minimum Gasteiger partial charge on any atom is -0.487 e. The van der Waals surface area contributed by atoms with Crippen LogP contribution >= 0.6 is 0 Å². The van der Waals surface area contributed by atoms with Gasteiger partial charge in [0.1, 0.15) is 23.5 Å². The first-order valence-electron chi connectivity index (χ1n) is 8.31. The molecule has 2 rings (SSSR count). The van der Waals surface area contributed by atoms with Crippen LogP contribution in [0.25, 0.3) is 0 Å². The summed E-state index contributed by atoms with van der Waals surface area (Å²) in [4.78, 5) is 10.5. The average Bonchev–Trinajstić information content (AvgIpc) is 2.52. The van der Waals surface area contributed by atoms with Gasteiger partial charge in [-0.3, -0.25) is 10.1 Å². The van der Waals surface area contributed by atoms with Crippen LogP contribution in [0.5, 0.6) is 5.75 Å². The molecule has 0 aromatic heterocycles. The van der Waals surface area contributed by atoms with E-state index in [-0.39, 0.29) is 17.7 Å². The molecule has 0 saturated carbocycles. The van der Waals surface area contributed by atoms with Crippen LogP contribution < -0.4 is 9.46 Å². The molecule has 7 nitrogen and oxygen atoms in total. The second-order valence-electron chi connectivity index (χ2n) is 8.23. The van der Waals surface area contributed by atoms with Crippen molar-refractivity contribution < 1.29 is 27.8 Å². The third kappa shape index (κ3) is 3.97. The summed E-state index contributed by atoms with van der Waals surface area (Å²) < 4.78 is 50.4. The van der Waals surface area contributed by atoms with E-state index in [9.17, 15) is 19.4 Å². The number of nitrogens with one attached hydrogen (secondary N) is 1. The Kier molecular flexibility index (Phi) is 5.41. The fourth-order valence-corrected chi connectivity index (χ4v) is 4.01. The number of rotatable bonds is 5. The second-order valence-corrected chi connectivity index (χ2v) is 10.2. The molecule has 0 aliphatic carbocycles. The quantitative estimate of drug-likeness (QED) is 0.578. The van der Waals surface area contributed by atoms with Crippen molar-refractivity contribution >= 4 is 16.7 Å². The highest BCUT2D eigenvalue weighted by molar-refractivity contribution is 7.84. The van der Waals surface area contributed by atoms with Crippen LogP contribution in [-0.2, 0) is 16.5 Å². The molecule has 1 aliphatic heterocycles. The fraction of sp³-hybridized carbons (Fsp3) is 0.647. The maximum Gasteiger partial charge on any atom is 0.293 e. The molecule has 1 aromatic rings. The van der Waals surface area contributed by atoms with Crippen molar-refractivity contribution in [2.24, 2.45) is 0 Å². The number of nitro benzene ring substituents is 1.